The summed E-state index contributed by atoms with van der Waals surface area (Å²) in [7, 11) is 3.94. The lowest BCUT2D eigenvalue weighted by Gasteiger charge is -2.36. The molecule has 7 heteroatoms. The molecule has 0 aliphatic carbocycles. The number of hydrogen-bond donors (Lipinski definition) is 1. The van der Waals surface area contributed by atoms with Crippen LogP contribution in [-0.2, 0) is 4.74 Å². The molecule has 0 bridgehead atoms. The zero-order valence-corrected chi connectivity index (χ0v) is 15.7. The summed E-state index contributed by atoms with van der Waals surface area (Å²) in [5.41, 5.74) is 6.03. The van der Waals surface area contributed by atoms with Crippen molar-refractivity contribution >= 4 is 17.6 Å². The van der Waals surface area contributed by atoms with Gasteiger partial charge in [0, 0.05) is 59.1 Å². The number of nitrogens with zero attached hydrogens (tertiary/aromatic N) is 5. The van der Waals surface area contributed by atoms with Crippen LogP contribution in [0, 0.1) is 5.92 Å². The van der Waals surface area contributed by atoms with Gasteiger partial charge in [-0.25, -0.2) is 0 Å². The van der Waals surface area contributed by atoms with E-state index in [0.717, 1.165) is 63.9 Å². The summed E-state index contributed by atoms with van der Waals surface area (Å²) in [4.78, 5) is 16.1. The Morgan fingerprint density at radius 2 is 1.84 bits per heavy atom. The number of piperazine rings is 1. The Morgan fingerprint density at radius 1 is 1.12 bits per heavy atom. The first-order valence-corrected chi connectivity index (χ1v) is 9.47. The highest BCUT2D eigenvalue weighted by atomic mass is 16.5. The predicted octanol–water partition coefficient (Wildman–Crippen LogP) is 1.45. The van der Waals surface area contributed by atoms with E-state index in [0.29, 0.717) is 11.9 Å². The van der Waals surface area contributed by atoms with Gasteiger partial charge in [0.05, 0.1) is 0 Å². The minimum Gasteiger partial charge on any atom is -0.385 e. The third kappa shape index (κ3) is 4.95. The van der Waals surface area contributed by atoms with Crippen molar-refractivity contribution in [3.63, 3.8) is 0 Å². The third-order valence-electron chi connectivity index (χ3n) is 5.35. The minimum atomic E-state index is 0.382. The molecular formula is C18H32N6O. The molecule has 1 atom stereocenters. The van der Waals surface area contributed by atoms with Crippen molar-refractivity contribution in [2.45, 2.75) is 25.7 Å². The monoisotopic (exact) mass is 348 g/mol. The Hall–Kier alpha value is -1.60. The lowest BCUT2D eigenvalue weighted by Crippen LogP contribution is -2.45. The SMILES string of the molecule is COCCCC1CCCN(c2cc(N3CCN(C)CC3)nc(N)n2)C1. The second-order valence-corrected chi connectivity index (χ2v) is 7.32. The Balaban J connectivity index is 1.67. The van der Waals surface area contributed by atoms with Crippen LogP contribution in [0.2, 0.25) is 0 Å². The molecule has 1 unspecified atom stereocenters. The number of methoxy groups -OCH3 is 1. The molecule has 0 radical (unpaired) electrons. The Kier molecular flexibility index (Phi) is 6.31. The van der Waals surface area contributed by atoms with E-state index >= 15 is 0 Å². The fourth-order valence-corrected chi connectivity index (χ4v) is 3.82. The summed E-state index contributed by atoms with van der Waals surface area (Å²) in [5, 5.41) is 0. The normalized spacial score (nSPS) is 22.4. The molecule has 0 aromatic carbocycles. The number of nitrogens with two attached hydrogens (primary N) is 1. The maximum absolute atomic E-state index is 6.03. The van der Waals surface area contributed by atoms with Crippen molar-refractivity contribution in [3.05, 3.63) is 6.07 Å². The molecule has 2 fully saturated rings. The Morgan fingerprint density at radius 3 is 2.56 bits per heavy atom. The van der Waals surface area contributed by atoms with Gasteiger partial charge in [-0.05, 0) is 38.6 Å². The number of nitrogen functional groups attached to an aromatic ring is 1. The van der Waals surface area contributed by atoms with Crippen LogP contribution in [0.25, 0.3) is 0 Å². The van der Waals surface area contributed by atoms with Gasteiger partial charge in [-0.1, -0.05) is 0 Å². The average Bonchev–Trinajstić information content (AvgIpc) is 2.62. The molecule has 2 N–H and O–H groups in total. The zero-order valence-electron chi connectivity index (χ0n) is 15.7. The fraction of sp³-hybridized carbons (Fsp3) is 0.778. The van der Waals surface area contributed by atoms with E-state index in [1.807, 2.05) is 0 Å². The second kappa shape index (κ2) is 8.67. The standard InChI is InChI=1S/C18H32N6O/c1-22-8-10-23(11-9-22)16-13-17(21-18(19)20-16)24-7-3-5-15(14-24)6-4-12-25-2/h13,15H,3-12,14H2,1-2H3,(H2,19,20,21). The molecule has 0 saturated carbocycles. The van der Waals surface area contributed by atoms with Crippen molar-refractivity contribution in [2.24, 2.45) is 5.92 Å². The topological polar surface area (TPSA) is 70.8 Å². The number of piperidine rings is 1. The highest BCUT2D eigenvalue weighted by Gasteiger charge is 2.23. The van der Waals surface area contributed by atoms with Gasteiger partial charge >= 0.3 is 0 Å². The van der Waals surface area contributed by atoms with Crippen LogP contribution >= 0.6 is 0 Å². The highest BCUT2D eigenvalue weighted by Crippen LogP contribution is 2.27. The van der Waals surface area contributed by atoms with E-state index in [2.05, 4.69) is 37.8 Å². The van der Waals surface area contributed by atoms with Crippen LogP contribution in [0.4, 0.5) is 17.6 Å². The van der Waals surface area contributed by atoms with Crippen molar-refractivity contribution in [1.82, 2.24) is 14.9 Å². The summed E-state index contributed by atoms with van der Waals surface area (Å²) in [6.45, 7) is 7.07. The molecule has 140 valence electrons. The number of rotatable bonds is 6. The van der Waals surface area contributed by atoms with Gasteiger partial charge in [-0.2, -0.15) is 9.97 Å². The van der Waals surface area contributed by atoms with Crippen molar-refractivity contribution < 1.29 is 4.74 Å². The summed E-state index contributed by atoms with van der Waals surface area (Å²) >= 11 is 0. The molecule has 3 rings (SSSR count). The van der Waals surface area contributed by atoms with Crippen LogP contribution in [0.15, 0.2) is 6.07 Å². The molecule has 3 heterocycles. The van der Waals surface area contributed by atoms with Crippen LogP contribution in [-0.4, -0.2) is 74.9 Å². The molecule has 2 aliphatic heterocycles. The van der Waals surface area contributed by atoms with Crippen LogP contribution < -0.4 is 15.5 Å². The first kappa shape index (κ1) is 18.2. The van der Waals surface area contributed by atoms with Crippen molar-refractivity contribution in [1.29, 1.82) is 0 Å². The molecule has 2 aliphatic rings. The molecule has 2 saturated heterocycles. The lowest BCUT2D eigenvalue weighted by atomic mass is 9.93. The first-order valence-electron chi connectivity index (χ1n) is 9.47. The smallest absolute Gasteiger partial charge is 0.223 e. The van der Waals surface area contributed by atoms with E-state index in [-0.39, 0.29) is 0 Å². The zero-order chi connectivity index (χ0) is 17.6. The number of likely N-dealkylation sites (N-methyl/N-ethyl adjacent to an activating group) is 1. The molecule has 25 heavy (non-hydrogen) atoms. The van der Waals surface area contributed by atoms with E-state index < -0.39 is 0 Å². The maximum Gasteiger partial charge on any atom is 0.223 e. The molecule has 7 nitrogen and oxygen atoms in total. The van der Waals surface area contributed by atoms with Crippen molar-refractivity contribution in [2.75, 3.05) is 75.6 Å². The molecule has 1 aromatic rings. The molecule has 1 aromatic heterocycles. The van der Waals surface area contributed by atoms with Gasteiger partial charge in [0.15, 0.2) is 0 Å². The Labute approximate surface area is 151 Å². The van der Waals surface area contributed by atoms with Gasteiger partial charge in [0.1, 0.15) is 11.6 Å². The van der Waals surface area contributed by atoms with Gasteiger partial charge in [0.25, 0.3) is 0 Å². The highest BCUT2D eigenvalue weighted by molar-refractivity contribution is 5.54. The summed E-state index contributed by atoms with van der Waals surface area (Å²) in [6.07, 6.45) is 4.86. The third-order valence-corrected chi connectivity index (χ3v) is 5.35. The summed E-state index contributed by atoms with van der Waals surface area (Å²) in [5.74, 6) is 3.05. The van der Waals surface area contributed by atoms with Crippen LogP contribution in [0.1, 0.15) is 25.7 Å². The maximum atomic E-state index is 6.03. The fourth-order valence-electron chi connectivity index (χ4n) is 3.82. The average molecular weight is 348 g/mol. The lowest BCUT2D eigenvalue weighted by molar-refractivity contribution is 0.184. The Bertz CT molecular complexity index is 546. The molecular weight excluding hydrogens is 316 g/mol. The largest absolute Gasteiger partial charge is 0.385 e. The van der Waals surface area contributed by atoms with Crippen molar-refractivity contribution in [3.8, 4) is 0 Å². The number of aromatic nitrogens is 2. The summed E-state index contributed by atoms with van der Waals surface area (Å²) < 4.78 is 5.19. The predicted molar refractivity (Wildman–Crippen MR) is 102 cm³/mol. The summed E-state index contributed by atoms with van der Waals surface area (Å²) in [6, 6.07) is 2.12. The molecule has 0 amide bonds. The van der Waals surface area contributed by atoms with E-state index in [4.69, 9.17) is 10.5 Å². The van der Waals surface area contributed by atoms with Crippen LogP contribution in [0.5, 0.6) is 0 Å². The number of ether oxygens (including phenoxy) is 1. The number of anilines is 3. The van der Waals surface area contributed by atoms with Crippen LogP contribution in [0.3, 0.4) is 0 Å². The second-order valence-electron chi connectivity index (χ2n) is 7.32. The quantitative estimate of drug-likeness (QED) is 0.780. The van der Waals surface area contributed by atoms with E-state index in [1.165, 1.54) is 19.3 Å². The van der Waals surface area contributed by atoms with E-state index in [9.17, 15) is 0 Å². The van der Waals surface area contributed by atoms with Gasteiger partial charge in [-0.3, -0.25) is 0 Å². The van der Waals surface area contributed by atoms with Gasteiger partial charge in [0.2, 0.25) is 5.95 Å². The number of hydrogen-bond acceptors (Lipinski definition) is 7. The van der Waals surface area contributed by atoms with Gasteiger partial charge in [-0.15, -0.1) is 0 Å². The minimum absolute atomic E-state index is 0.382. The van der Waals surface area contributed by atoms with E-state index in [1.54, 1.807) is 7.11 Å². The molecule has 0 spiro atoms. The first-order chi connectivity index (χ1) is 12.2. The van der Waals surface area contributed by atoms with Gasteiger partial charge < -0.3 is 25.2 Å².